The van der Waals surface area contributed by atoms with E-state index in [1.54, 1.807) is 6.08 Å². The van der Waals surface area contributed by atoms with Crippen LogP contribution in [0.5, 0.6) is 0 Å². The Bertz CT molecular complexity index is 2070. The first-order valence-electron chi connectivity index (χ1n) is 13.6. The van der Waals surface area contributed by atoms with Crippen molar-refractivity contribution in [1.82, 2.24) is 0 Å². The Balaban J connectivity index is 1.31. The standard InChI is InChI=1S/C39H30S2/c1-5-7-11-26(3)12-10-13-27(4)24-28(6-2)29-16-18-30(19-17-29)31-20-21-35-33(25-31)39-37(41-35)23-22-36-38(39)32-14-8-9-15-34(32)40-36/h5-11,13-25H,1-4,12H2/b11-7-,13-10+,28-24+. The number of thiophene rings is 2. The molecule has 0 spiro atoms. The molecule has 0 atom stereocenters. The van der Waals surface area contributed by atoms with E-state index in [-0.39, 0.29) is 0 Å². The van der Waals surface area contributed by atoms with Crippen molar-refractivity contribution in [2.24, 2.45) is 0 Å². The molecule has 4 aromatic carbocycles. The molecule has 0 aliphatic heterocycles. The molecule has 0 fully saturated rings. The van der Waals surface area contributed by atoms with Gasteiger partial charge in [0, 0.05) is 40.3 Å². The van der Waals surface area contributed by atoms with Crippen LogP contribution in [0.2, 0.25) is 0 Å². The van der Waals surface area contributed by atoms with Crippen LogP contribution in [0.15, 0.2) is 159 Å². The van der Waals surface area contributed by atoms with Gasteiger partial charge in [-0.1, -0.05) is 117 Å². The highest BCUT2D eigenvalue weighted by Crippen LogP contribution is 2.45. The molecule has 0 unspecified atom stereocenters. The Labute approximate surface area is 249 Å². The van der Waals surface area contributed by atoms with Crippen LogP contribution in [0, 0.1) is 0 Å². The Morgan fingerprint density at radius 3 is 2.07 bits per heavy atom. The van der Waals surface area contributed by atoms with Gasteiger partial charge in [-0.05, 0) is 70.7 Å². The lowest BCUT2D eigenvalue weighted by Crippen LogP contribution is -1.84. The Morgan fingerprint density at radius 2 is 1.34 bits per heavy atom. The van der Waals surface area contributed by atoms with Crippen molar-refractivity contribution < 1.29 is 0 Å². The third-order valence-electron chi connectivity index (χ3n) is 7.27. The molecule has 0 N–H and O–H groups in total. The minimum Gasteiger partial charge on any atom is -0.135 e. The summed E-state index contributed by atoms with van der Waals surface area (Å²) in [5, 5.41) is 5.44. The highest BCUT2D eigenvalue weighted by atomic mass is 32.1. The largest absolute Gasteiger partial charge is 0.135 e. The molecule has 2 heterocycles. The molecule has 0 radical (unpaired) electrons. The molecule has 0 nitrogen and oxygen atoms in total. The average Bonchev–Trinajstić information content (AvgIpc) is 3.56. The maximum absolute atomic E-state index is 4.20. The molecule has 2 heteroatoms. The van der Waals surface area contributed by atoms with Gasteiger partial charge in [-0.25, -0.2) is 0 Å². The zero-order chi connectivity index (χ0) is 28.3. The average molecular weight is 563 g/mol. The van der Waals surface area contributed by atoms with Crippen molar-refractivity contribution >= 4 is 68.6 Å². The molecule has 41 heavy (non-hydrogen) atoms. The first-order valence-corrected chi connectivity index (χ1v) is 15.2. The first kappa shape index (κ1) is 26.7. The number of benzene rings is 4. The van der Waals surface area contributed by atoms with Gasteiger partial charge in [-0.15, -0.1) is 22.7 Å². The Morgan fingerprint density at radius 1 is 0.683 bits per heavy atom. The van der Waals surface area contributed by atoms with Crippen molar-refractivity contribution in [2.45, 2.75) is 6.42 Å². The first-order chi connectivity index (χ1) is 20.1. The summed E-state index contributed by atoms with van der Waals surface area (Å²) in [4.78, 5) is 0. The zero-order valence-corrected chi connectivity index (χ0v) is 24.5. The maximum Gasteiger partial charge on any atom is 0.0362 e. The predicted molar refractivity (Wildman–Crippen MR) is 187 cm³/mol. The van der Waals surface area contributed by atoms with Crippen LogP contribution in [0.3, 0.4) is 0 Å². The molecule has 0 bridgehead atoms. The minimum absolute atomic E-state index is 0.771. The summed E-state index contributed by atoms with van der Waals surface area (Å²) in [6, 6.07) is 28.9. The molecule has 0 aliphatic rings. The Kier molecular flexibility index (Phi) is 7.52. The van der Waals surface area contributed by atoms with Crippen LogP contribution in [0.1, 0.15) is 12.0 Å². The maximum atomic E-state index is 4.20. The van der Waals surface area contributed by atoms with E-state index in [1.165, 1.54) is 51.5 Å². The highest BCUT2D eigenvalue weighted by Gasteiger charge is 2.14. The summed E-state index contributed by atoms with van der Waals surface area (Å²) in [6.45, 7) is 16.0. The summed E-state index contributed by atoms with van der Waals surface area (Å²) < 4.78 is 5.36. The quantitative estimate of drug-likeness (QED) is 0.154. The lowest BCUT2D eigenvalue weighted by Gasteiger charge is -2.07. The molecular weight excluding hydrogens is 533 g/mol. The lowest BCUT2D eigenvalue weighted by molar-refractivity contribution is 1.30. The van der Waals surface area contributed by atoms with E-state index < -0.39 is 0 Å². The van der Waals surface area contributed by atoms with Crippen LogP contribution >= 0.6 is 22.7 Å². The summed E-state index contributed by atoms with van der Waals surface area (Å²) >= 11 is 3.76. The minimum atomic E-state index is 0.771. The van der Waals surface area contributed by atoms with E-state index in [9.17, 15) is 0 Å². The monoisotopic (exact) mass is 562 g/mol. The molecule has 0 aliphatic carbocycles. The van der Waals surface area contributed by atoms with Gasteiger partial charge in [0.05, 0.1) is 0 Å². The number of hydrogen-bond acceptors (Lipinski definition) is 2. The van der Waals surface area contributed by atoms with Gasteiger partial charge in [0.1, 0.15) is 0 Å². The number of hydrogen-bond donors (Lipinski definition) is 0. The van der Waals surface area contributed by atoms with Crippen LogP contribution < -0.4 is 0 Å². The molecule has 6 rings (SSSR count). The van der Waals surface area contributed by atoms with Gasteiger partial charge < -0.3 is 0 Å². The fraction of sp³-hybridized carbons (Fsp3) is 0.0256. The zero-order valence-electron chi connectivity index (χ0n) is 22.9. The summed E-state index contributed by atoms with van der Waals surface area (Å²) in [7, 11) is 0. The van der Waals surface area contributed by atoms with E-state index >= 15 is 0 Å². The summed E-state index contributed by atoms with van der Waals surface area (Å²) in [6.07, 6.45) is 14.5. The molecule has 6 aromatic rings. The molecule has 2 aromatic heterocycles. The van der Waals surface area contributed by atoms with E-state index in [1.807, 2.05) is 47.0 Å². The SMILES string of the molecule is C=C/C=C\C(=C)C/C=C/C(=C)/C=C(\C=C)c1ccc(-c2ccc3sc4ccc5sc6ccccc6c5c4c3c2)cc1. The molecular formula is C39H30S2. The van der Waals surface area contributed by atoms with E-state index in [4.69, 9.17) is 0 Å². The van der Waals surface area contributed by atoms with Crippen molar-refractivity contribution in [3.63, 3.8) is 0 Å². The van der Waals surface area contributed by atoms with Gasteiger partial charge in [0.25, 0.3) is 0 Å². The normalized spacial score (nSPS) is 12.3. The second kappa shape index (κ2) is 11.5. The second-order valence-corrected chi connectivity index (χ2v) is 12.2. The van der Waals surface area contributed by atoms with E-state index in [0.29, 0.717) is 0 Å². The number of allylic oxidation sites excluding steroid dienone is 10. The van der Waals surface area contributed by atoms with Crippen LogP contribution in [-0.4, -0.2) is 0 Å². The topological polar surface area (TPSA) is 0 Å². The van der Waals surface area contributed by atoms with Gasteiger partial charge in [0.2, 0.25) is 0 Å². The van der Waals surface area contributed by atoms with Crippen LogP contribution in [0.4, 0.5) is 0 Å². The lowest BCUT2D eigenvalue weighted by atomic mass is 9.97. The van der Waals surface area contributed by atoms with Crippen LogP contribution in [0.25, 0.3) is 57.0 Å². The fourth-order valence-corrected chi connectivity index (χ4v) is 7.47. The molecule has 198 valence electrons. The third kappa shape index (κ3) is 5.32. The fourth-order valence-electron chi connectivity index (χ4n) is 5.26. The van der Waals surface area contributed by atoms with Gasteiger partial charge in [0.15, 0.2) is 0 Å². The smallest absolute Gasteiger partial charge is 0.0362 e. The number of rotatable bonds is 9. The molecule has 0 amide bonds. The van der Waals surface area contributed by atoms with Gasteiger partial charge in [-0.2, -0.15) is 0 Å². The van der Waals surface area contributed by atoms with Crippen molar-refractivity contribution in [3.05, 3.63) is 164 Å². The molecule has 0 saturated carbocycles. The van der Waals surface area contributed by atoms with Crippen molar-refractivity contribution in [2.75, 3.05) is 0 Å². The third-order valence-corrected chi connectivity index (χ3v) is 9.54. The number of fused-ring (bicyclic) bond motifs is 7. The predicted octanol–water partition coefficient (Wildman–Crippen LogP) is 12.5. The highest BCUT2D eigenvalue weighted by molar-refractivity contribution is 7.28. The second-order valence-electron chi connectivity index (χ2n) is 10.0. The van der Waals surface area contributed by atoms with Crippen LogP contribution in [-0.2, 0) is 0 Å². The van der Waals surface area contributed by atoms with Gasteiger partial charge >= 0.3 is 0 Å². The van der Waals surface area contributed by atoms with Gasteiger partial charge in [-0.3, -0.25) is 0 Å². The summed E-state index contributed by atoms with van der Waals surface area (Å²) in [5.41, 5.74) is 6.53. The van der Waals surface area contributed by atoms with E-state index in [2.05, 4.69) is 117 Å². The van der Waals surface area contributed by atoms with E-state index in [0.717, 1.165) is 28.7 Å². The van der Waals surface area contributed by atoms with Crippen molar-refractivity contribution in [1.29, 1.82) is 0 Å². The Hall–Kier alpha value is -4.50. The van der Waals surface area contributed by atoms with Crippen molar-refractivity contribution in [3.8, 4) is 11.1 Å². The summed E-state index contributed by atoms with van der Waals surface area (Å²) in [5.74, 6) is 0. The molecule has 0 saturated heterocycles.